The highest BCUT2D eigenvalue weighted by Gasteiger charge is 2.16. The zero-order valence-corrected chi connectivity index (χ0v) is 28.0. The number of carbonyl (C=O) groups excluding carboxylic acids is 2. The Morgan fingerprint density at radius 1 is 0.365 bits per heavy atom. The third kappa shape index (κ3) is 5.70. The van der Waals surface area contributed by atoms with Gasteiger partial charge in [-0.3, -0.25) is 9.59 Å². The van der Waals surface area contributed by atoms with Gasteiger partial charge in [0.15, 0.2) is 0 Å². The summed E-state index contributed by atoms with van der Waals surface area (Å²) in [4.78, 5) is 31.5. The van der Waals surface area contributed by atoms with Crippen LogP contribution in [0.2, 0.25) is 0 Å². The fourth-order valence-corrected chi connectivity index (χ4v) is 7.23. The molecule has 2 amide bonds. The molecule has 0 saturated carbocycles. The molecule has 1 heterocycles. The van der Waals surface area contributed by atoms with E-state index in [0.717, 1.165) is 65.3 Å². The van der Waals surface area contributed by atoms with Crippen LogP contribution in [0.4, 0.5) is 11.4 Å². The van der Waals surface area contributed by atoms with E-state index in [1.54, 1.807) is 18.2 Å². The Balaban J connectivity index is 0.979. The highest BCUT2D eigenvalue weighted by atomic mass is 16.2. The molecule has 52 heavy (non-hydrogen) atoms. The Kier molecular flexibility index (Phi) is 7.71. The standard InChI is InChI=1S/C47H31N3O2/c51-46(48-36-18-9-16-34(28-36)44-38-20-5-1-12-30(38)26-31-13-2-6-21-39(31)44)42-24-11-25-43(50-42)47(52)49-37-19-10-17-35(29-37)45-40-22-7-3-14-32(40)27-33-15-4-8-23-41(33)45/h1-29H,(H,48,51)(H,49,52). The lowest BCUT2D eigenvalue weighted by molar-refractivity contribution is 0.101. The summed E-state index contributed by atoms with van der Waals surface area (Å²) in [5.41, 5.74) is 5.76. The Morgan fingerprint density at radius 2 is 0.712 bits per heavy atom. The molecule has 5 nitrogen and oxygen atoms in total. The van der Waals surface area contributed by atoms with E-state index in [-0.39, 0.29) is 11.4 Å². The molecule has 0 aliphatic rings. The number of amides is 2. The zero-order valence-electron chi connectivity index (χ0n) is 28.0. The number of rotatable bonds is 6. The normalized spacial score (nSPS) is 11.2. The number of aromatic nitrogens is 1. The van der Waals surface area contributed by atoms with E-state index in [1.165, 1.54) is 0 Å². The molecule has 0 bridgehead atoms. The number of nitrogens with one attached hydrogen (secondary N) is 2. The highest BCUT2D eigenvalue weighted by molar-refractivity contribution is 6.15. The lowest BCUT2D eigenvalue weighted by Gasteiger charge is -2.14. The zero-order chi connectivity index (χ0) is 35.0. The van der Waals surface area contributed by atoms with E-state index in [4.69, 9.17) is 0 Å². The van der Waals surface area contributed by atoms with Crippen molar-refractivity contribution in [2.24, 2.45) is 0 Å². The van der Waals surface area contributed by atoms with Crippen molar-refractivity contribution in [3.63, 3.8) is 0 Å². The van der Waals surface area contributed by atoms with Gasteiger partial charge < -0.3 is 10.6 Å². The van der Waals surface area contributed by atoms with Crippen molar-refractivity contribution in [2.75, 3.05) is 10.6 Å². The molecule has 0 saturated heterocycles. The van der Waals surface area contributed by atoms with Crippen LogP contribution in [0.3, 0.4) is 0 Å². The third-order valence-corrected chi connectivity index (χ3v) is 9.58. The van der Waals surface area contributed by atoms with Crippen LogP contribution in [0.25, 0.3) is 65.3 Å². The van der Waals surface area contributed by atoms with E-state index in [0.29, 0.717) is 11.4 Å². The molecule has 0 spiro atoms. The van der Waals surface area contributed by atoms with Gasteiger partial charge in [0.1, 0.15) is 11.4 Å². The molecule has 8 aromatic carbocycles. The average molecular weight is 670 g/mol. The number of hydrogen-bond donors (Lipinski definition) is 2. The smallest absolute Gasteiger partial charge is 0.274 e. The summed E-state index contributed by atoms with van der Waals surface area (Å²) in [6.45, 7) is 0. The molecular formula is C47H31N3O2. The van der Waals surface area contributed by atoms with Crippen molar-refractivity contribution >= 4 is 66.3 Å². The largest absolute Gasteiger partial charge is 0.321 e. The van der Waals surface area contributed by atoms with Crippen molar-refractivity contribution in [3.8, 4) is 22.3 Å². The highest BCUT2D eigenvalue weighted by Crippen LogP contribution is 2.38. The van der Waals surface area contributed by atoms with Gasteiger partial charge in [-0.2, -0.15) is 0 Å². The first-order valence-corrected chi connectivity index (χ1v) is 17.2. The number of pyridine rings is 1. The fourth-order valence-electron chi connectivity index (χ4n) is 7.23. The average Bonchev–Trinajstić information content (AvgIpc) is 3.19. The number of anilines is 2. The maximum atomic E-state index is 13.5. The molecule has 0 fully saturated rings. The monoisotopic (exact) mass is 669 g/mol. The van der Waals surface area contributed by atoms with Crippen molar-refractivity contribution in [1.29, 1.82) is 0 Å². The predicted octanol–water partition coefficient (Wildman–Crippen LogP) is 11.5. The molecule has 1 aromatic heterocycles. The first-order chi connectivity index (χ1) is 25.6. The summed E-state index contributed by atoms with van der Waals surface area (Å²) >= 11 is 0. The van der Waals surface area contributed by atoms with Crippen LogP contribution >= 0.6 is 0 Å². The van der Waals surface area contributed by atoms with Crippen molar-refractivity contribution in [3.05, 3.63) is 187 Å². The second-order valence-electron chi connectivity index (χ2n) is 12.9. The van der Waals surface area contributed by atoms with Crippen LogP contribution in [-0.4, -0.2) is 16.8 Å². The maximum Gasteiger partial charge on any atom is 0.274 e. The quantitative estimate of drug-likeness (QED) is 0.173. The number of benzene rings is 8. The first-order valence-electron chi connectivity index (χ1n) is 17.2. The molecule has 5 heteroatoms. The van der Waals surface area contributed by atoms with E-state index >= 15 is 0 Å². The van der Waals surface area contributed by atoms with Gasteiger partial charge in [-0.1, -0.05) is 127 Å². The third-order valence-electron chi connectivity index (χ3n) is 9.58. The van der Waals surface area contributed by atoms with Gasteiger partial charge in [0.05, 0.1) is 0 Å². The van der Waals surface area contributed by atoms with Crippen LogP contribution < -0.4 is 10.6 Å². The maximum absolute atomic E-state index is 13.5. The van der Waals surface area contributed by atoms with E-state index in [2.05, 4.69) is 88.4 Å². The SMILES string of the molecule is O=C(Nc1cccc(-c2c3ccccc3cc3ccccc23)c1)c1cccc(C(=O)Nc2cccc(-c3c4ccccc4cc4ccccc34)c2)n1. The Bertz CT molecular complexity index is 2560. The van der Waals surface area contributed by atoms with Gasteiger partial charge in [-0.05, 0) is 114 Å². The van der Waals surface area contributed by atoms with E-state index < -0.39 is 11.8 Å². The number of nitrogens with zero attached hydrogens (tertiary/aromatic N) is 1. The Labute approximate surface area is 300 Å². The summed E-state index contributed by atoms with van der Waals surface area (Å²) in [6, 6.07) is 58.4. The molecule has 0 atom stereocenters. The Hall–Kier alpha value is -7.11. The minimum absolute atomic E-state index is 0.143. The molecule has 2 N–H and O–H groups in total. The summed E-state index contributed by atoms with van der Waals surface area (Å²) in [5.74, 6) is -0.807. The van der Waals surface area contributed by atoms with Crippen molar-refractivity contribution < 1.29 is 9.59 Å². The lowest BCUT2D eigenvalue weighted by Crippen LogP contribution is -2.18. The van der Waals surface area contributed by atoms with Gasteiger partial charge in [-0.25, -0.2) is 4.98 Å². The second-order valence-corrected chi connectivity index (χ2v) is 12.9. The van der Waals surface area contributed by atoms with Crippen LogP contribution in [0.5, 0.6) is 0 Å². The molecule has 0 unspecified atom stereocenters. The van der Waals surface area contributed by atoms with Gasteiger partial charge in [0.25, 0.3) is 11.8 Å². The summed E-state index contributed by atoms with van der Waals surface area (Å²) in [6.07, 6.45) is 0. The van der Waals surface area contributed by atoms with Gasteiger partial charge >= 0.3 is 0 Å². The molecule has 9 aromatic rings. The van der Waals surface area contributed by atoms with Crippen LogP contribution in [0.15, 0.2) is 176 Å². The fraction of sp³-hybridized carbons (Fsp3) is 0. The molecule has 246 valence electrons. The minimum Gasteiger partial charge on any atom is -0.321 e. The van der Waals surface area contributed by atoms with Gasteiger partial charge in [0, 0.05) is 11.4 Å². The lowest BCUT2D eigenvalue weighted by atomic mass is 9.92. The van der Waals surface area contributed by atoms with Gasteiger partial charge in [-0.15, -0.1) is 0 Å². The van der Waals surface area contributed by atoms with E-state index in [9.17, 15) is 9.59 Å². The Morgan fingerprint density at radius 3 is 1.10 bits per heavy atom. The topological polar surface area (TPSA) is 71.1 Å². The van der Waals surface area contributed by atoms with Crippen LogP contribution in [-0.2, 0) is 0 Å². The first kappa shape index (κ1) is 30.9. The van der Waals surface area contributed by atoms with Crippen molar-refractivity contribution in [2.45, 2.75) is 0 Å². The molecule has 0 aliphatic carbocycles. The summed E-state index contributed by atoms with van der Waals surface area (Å²) in [7, 11) is 0. The molecule has 0 aliphatic heterocycles. The van der Waals surface area contributed by atoms with Crippen molar-refractivity contribution in [1.82, 2.24) is 4.98 Å². The number of hydrogen-bond acceptors (Lipinski definition) is 3. The number of carbonyl (C=O) groups is 2. The summed E-state index contributed by atoms with van der Waals surface area (Å²) in [5, 5.41) is 15.2. The molecule has 9 rings (SSSR count). The minimum atomic E-state index is -0.403. The number of fused-ring (bicyclic) bond motifs is 4. The van der Waals surface area contributed by atoms with Gasteiger partial charge in [0.2, 0.25) is 0 Å². The predicted molar refractivity (Wildman–Crippen MR) is 214 cm³/mol. The molecule has 0 radical (unpaired) electrons. The van der Waals surface area contributed by atoms with Crippen LogP contribution in [0, 0.1) is 0 Å². The second kappa shape index (κ2) is 13.0. The summed E-state index contributed by atoms with van der Waals surface area (Å²) < 4.78 is 0. The van der Waals surface area contributed by atoms with E-state index in [1.807, 2.05) is 84.9 Å². The van der Waals surface area contributed by atoms with Crippen LogP contribution in [0.1, 0.15) is 21.0 Å². The molecular weight excluding hydrogens is 639 g/mol.